The summed E-state index contributed by atoms with van der Waals surface area (Å²) in [5.41, 5.74) is 5.32. The fourth-order valence-electron chi connectivity index (χ4n) is 5.81. The number of esters is 1. The maximum Gasteiger partial charge on any atom is 0.312 e. The Morgan fingerprint density at radius 1 is 1.00 bits per heavy atom. The first-order valence-corrected chi connectivity index (χ1v) is 13.4. The summed E-state index contributed by atoms with van der Waals surface area (Å²) in [5, 5.41) is 4.29. The first-order chi connectivity index (χ1) is 19.3. The van der Waals surface area contributed by atoms with Crippen LogP contribution in [0.25, 0.3) is 44.3 Å². The number of carbonyl (C=O) groups excluding carboxylic acids is 3. The highest BCUT2D eigenvalue weighted by Gasteiger charge is 2.46. The van der Waals surface area contributed by atoms with E-state index in [9.17, 15) is 14.4 Å². The van der Waals surface area contributed by atoms with E-state index in [1.54, 1.807) is 13.1 Å². The molecule has 40 heavy (non-hydrogen) atoms. The van der Waals surface area contributed by atoms with Crippen LogP contribution in [-0.2, 0) is 9.53 Å². The zero-order valence-corrected chi connectivity index (χ0v) is 22.7. The molecule has 0 atom stereocenters. The van der Waals surface area contributed by atoms with E-state index < -0.39 is 5.41 Å². The number of aromatic nitrogens is 1. The van der Waals surface area contributed by atoms with Crippen LogP contribution < -0.4 is 5.32 Å². The Morgan fingerprint density at radius 3 is 2.45 bits per heavy atom. The van der Waals surface area contributed by atoms with Crippen LogP contribution in [0.4, 0.5) is 0 Å². The highest BCUT2D eigenvalue weighted by atomic mass is 16.5. The zero-order valence-electron chi connectivity index (χ0n) is 22.7. The van der Waals surface area contributed by atoms with Crippen LogP contribution in [0.1, 0.15) is 52.0 Å². The number of benzene rings is 3. The van der Waals surface area contributed by atoms with Crippen LogP contribution in [0.3, 0.4) is 0 Å². The highest BCUT2D eigenvalue weighted by Crippen LogP contribution is 2.46. The van der Waals surface area contributed by atoms with Gasteiger partial charge in [-0.05, 0) is 43.5 Å². The van der Waals surface area contributed by atoms with Gasteiger partial charge >= 0.3 is 5.97 Å². The summed E-state index contributed by atoms with van der Waals surface area (Å²) in [7, 11) is 2.98. The van der Waals surface area contributed by atoms with Crippen molar-refractivity contribution in [1.82, 2.24) is 10.3 Å². The Morgan fingerprint density at radius 2 is 1.77 bits per heavy atom. The van der Waals surface area contributed by atoms with Gasteiger partial charge in [-0.25, -0.2) is 0 Å². The van der Waals surface area contributed by atoms with Gasteiger partial charge in [0, 0.05) is 47.1 Å². The van der Waals surface area contributed by atoms with E-state index in [0.717, 1.165) is 39.6 Å². The standard InChI is InChI=1S/C33H30N2O5/c1-19-8-10-20(11-9-19)29-27(31(37)34-2)25-17-24(28-23(12-15-35-28)30(25)40-29)21-6-4-7-22(16-21)26(36)18-33(13-5-14-33)32(38)39-3/h4,6-12,15-17,35H,5,13-14,18H2,1-3H3,(H,34,37). The molecule has 1 aliphatic carbocycles. The summed E-state index contributed by atoms with van der Waals surface area (Å²) < 4.78 is 11.4. The molecule has 2 N–H and O–H groups in total. The second-order valence-corrected chi connectivity index (χ2v) is 10.6. The minimum absolute atomic E-state index is 0.0909. The first-order valence-electron chi connectivity index (χ1n) is 13.4. The molecule has 6 rings (SSSR count). The van der Waals surface area contributed by atoms with E-state index in [-0.39, 0.29) is 24.1 Å². The predicted molar refractivity (Wildman–Crippen MR) is 154 cm³/mol. The Kier molecular flexibility index (Phi) is 6.29. The fourth-order valence-corrected chi connectivity index (χ4v) is 5.81. The summed E-state index contributed by atoms with van der Waals surface area (Å²) in [4.78, 5) is 42.3. The van der Waals surface area contributed by atoms with Gasteiger partial charge in [0.05, 0.1) is 23.6 Å². The highest BCUT2D eigenvalue weighted by molar-refractivity contribution is 6.19. The van der Waals surface area contributed by atoms with Gasteiger partial charge in [0.15, 0.2) is 5.78 Å². The molecule has 3 aromatic carbocycles. The van der Waals surface area contributed by atoms with E-state index >= 15 is 0 Å². The Bertz CT molecular complexity index is 1790. The number of furan rings is 1. The van der Waals surface area contributed by atoms with Crippen molar-refractivity contribution < 1.29 is 23.5 Å². The molecule has 5 aromatic rings. The quantitative estimate of drug-likeness (QED) is 0.176. The Labute approximate surface area is 231 Å². The third-order valence-electron chi connectivity index (χ3n) is 8.19. The van der Waals surface area contributed by atoms with E-state index in [1.807, 2.05) is 67.7 Å². The molecular formula is C33H30N2O5. The molecule has 0 bridgehead atoms. The van der Waals surface area contributed by atoms with Gasteiger partial charge in [-0.15, -0.1) is 0 Å². The van der Waals surface area contributed by atoms with Gasteiger partial charge in [0.25, 0.3) is 5.91 Å². The largest absolute Gasteiger partial charge is 0.469 e. The minimum atomic E-state index is -0.723. The number of fused-ring (bicyclic) bond motifs is 3. The molecule has 1 fully saturated rings. The third kappa shape index (κ3) is 4.09. The number of hydrogen-bond donors (Lipinski definition) is 2. The lowest BCUT2D eigenvalue weighted by molar-refractivity contribution is -0.158. The van der Waals surface area contributed by atoms with Crippen LogP contribution in [-0.4, -0.2) is 36.8 Å². The molecule has 0 aliphatic heterocycles. The van der Waals surface area contributed by atoms with Crippen LogP contribution in [0.5, 0.6) is 0 Å². The molecule has 202 valence electrons. The lowest BCUT2D eigenvalue weighted by Gasteiger charge is -2.38. The summed E-state index contributed by atoms with van der Waals surface area (Å²) >= 11 is 0. The molecule has 2 heterocycles. The van der Waals surface area contributed by atoms with Crippen molar-refractivity contribution in [3.63, 3.8) is 0 Å². The lowest BCUT2D eigenvalue weighted by Crippen LogP contribution is -2.40. The van der Waals surface area contributed by atoms with Crippen molar-refractivity contribution in [2.75, 3.05) is 14.2 Å². The molecule has 1 saturated carbocycles. The van der Waals surface area contributed by atoms with Crippen LogP contribution in [0, 0.1) is 12.3 Å². The predicted octanol–water partition coefficient (Wildman–Crippen LogP) is 6.83. The molecule has 0 saturated heterocycles. The number of H-pyrrole nitrogens is 1. The number of aromatic amines is 1. The number of aryl methyl sites for hydroxylation is 1. The van der Waals surface area contributed by atoms with Crippen LogP contribution in [0.2, 0.25) is 0 Å². The SMILES string of the molecule is CNC(=O)c1c(-c2ccc(C)cc2)oc2c1cc(-c1cccc(C(=O)CC3(C(=O)OC)CCC3)c1)c1[nH]ccc12. The van der Waals surface area contributed by atoms with Crippen molar-refractivity contribution in [2.45, 2.75) is 32.6 Å². The summed E-state index contributed by atoms with van der Waals surface area (Å²) in [6.07, 6.45) is 4.21. The van der Waals surface area contributed by atoms with Gasteiger partial charge in [0.1, 0.15) is 11.3 Å². The smallest absolute Gasteiger partial charge is 0.312 e. The maximum atomic E-state index is 13.4. The average molecular weight is 535 g/mol. The van der Waals surface area contributed by atoms with E-state index in [2.05, 4.69) is 10.3 Å². The number of carbonyl (C=O) groups is 3. The molecule has 7 nitrogen and oxygen atoms in total. The second kappa shape index (κ2) is 9.83. The number of nitrogens with one attached hydrogen (secondary N) is 2. The van der Waals surface area contributed by atoms with E-state index in [4.69, 9.17) is 9.15 Å². The number of ether oxygens (including phenoxy) is 1. The van der Waals surface area contributed by atoms with Crippen molar-refractivity contribution in [3.8, 4) is 22.5 Å². The zero-order chi connectivity index (χ0) is 28.0. The second-order valence-electron chi connectivity index (χ2n) is 10.6. The van der Waals surface area contributed by atoms with Gasteiger partial charge in [-0.3, -0.25) is 14.4 Å². The number of Topliss-reactive ketones (excluding diaryl/α,β-unsaturated/α-hetero) is 1. The normalized spacial score (nSPS) is 14.2. The molecule has 2 aromatic heterocycles. The van der Waals surface area contributed by atoms with Crippen LogP contribution >= 0.6 is 0 Å². The van der Waals surface area contributed by atoms with Crippen molar-refractivity contribution >= 4 is 39.5 Å². The third-order valence-corrected chi connectivity index (χ3v) is 8.19. The van der Waals surface area contributed by atoms with Gasteiger partial charge in [-0.1, -0.05) is 54.4 Å². The number of rotatable bonds is 7. The average Bonchev–Trinajstić information content (AvgIpc) is 3.59. The molecule has 7 heteroatoms. The number of ketones is 1. The summed E-state index contributed by atoms with van der Waals surface area (Å²) in [6, 6.07) is 19.2. The molecular weight excluding hydrogens is 504 g/mol. The van der Waals surface area contributed by atoms with Crippen molar-refractivity contribution in [1.29, 1.82) is 0 Å². The molecule has 0 radical (unpaired) electrons. The van der Waals surface area contributed by atoms with Crippen LogP contribution in [0.15, 0.2) is 71.3 Å². The van der Waals surface area contributed by atoms with E-state index in [1.165, 1.54) is 7.11 Å². The number of hydrogen-bond acceptors (Lipinski definition) is 5. The molecule has 1 amide bonds. The minimum Gasteiger partial charge on any atom is -0.469 e. The molecule has 0 unspecified atom stereocenters. The van der Waals surface area contributed by atoms with Gasteiger partial charge in [0.2, 0.25) is 0 Å². The molecule has 1 aliphatic rings. The monoisotopic (exact) mass is 534 g/mol. The Hall–Kier alpha value is -4.65. The van der Waals surface area contributed by atoms with Crippen molar-refractivity contribution in [3.05, 3.63) is 83.6 Å². The Balaban J connectivity index is 1.49. The first kappa shape index (κ1) is 25.6. The van der Waals surface area contributed by atoms with Gasteiger partial charge < -0.3 is 19.5 Å². The number of methoxy groups -OCH3 is 1. The summed E-state index contributed by atoms with van der Waals surface area (Å²) in [6.45, 7) is 2.01. The summed E-state index contributed by atoms with van der Waals surface area (Å²) in [5.74, 6) is -0.140. The fraction of sp³-hybridized carbons (Fsp3) is 0.242. The van der Waals surface area contributed by atoms with Crippen molar-refractivity contribution in [2.24, 2.45) is 5.41 Å². The molecule has 0 spiro atoms. The maximum absolute atomic E-state index is 13.4. The number of amides is 1. The topological polar surface area (TPSA) is 101 Å². The lowest BCUT2D eigenvalue weighted by atomic mass is 9.65. The van der Waals surface area contributed by atoms with E-state index in [0.29, 0.717) is 40.7 Å². The van der Waals surface area contributed by atoms with Gasteiger partial charge in [-0.2, -0.15) is 0 Å².